The van der Waals surface area contributed by atoms with E-state index in [1.54, 1.807) is 0 Å². The fraction of sp³-hybridized carbons (Fsp3) is 0.632. The molecule has 0 aliphatic carbocycles. The maximum atomic E-state index is 12.9. The summed E-state index contributed by atoms with van der Waals surface area (Å²) < 4.78 is 11.4. The molecule has 5 nitrogen and oxygen atoms in total. The van der Waals surface area contributed by atoms with E-state index in [-0.39, 0.29) is 18.1 Å². The Balaban J connectivity index is 1.66. The van der Waals surface area contributed by atoms with Gasteiger partial charge in [-0.2, -0.15) is 0 Å². The molecule has 3 rings (SSSR count). The maximum absolute atomic E-state index is 12.9. The number of piperidine rings is 1. The zero-order valence-electron chi connectivity index (χ0n) is 14.4. The summed E-state index contributed by atoms with van der Waals surface area (Å²) in [5.74, 6) is 1.23. The molecule has 3 atom stereocenters. The fourth-order valence-electron chi connectivity index (χ4n) is 3.71. The molecule has 2 saturated heterocycles. The Morgan fingerprint density at radius 1 is 1.38 bits per heavy atom. The monoisotopic (exact) mass is 332 g/mol. The van der Waals surface area contributed by atoms with Crippen molar-refractivity contribution in [2.75, 3.05) is 26.3 Å². The standard InChI is InChI=1S/C19H28N2O3/c1-14-5-3-9-21(18(14)12-20)19(22)15-6-2-7-16(11-15)24-13-17-8-4-10-23-17/h2,6-7,11,14,17-18H,3-5,8-10,12-13,20H2,1H3/t14-,17+,18-/m1/s1. The number of carbonyl (C=O) groups is 1. The van der Waals surface area contributed by atoms with Crippen molar-refractivity contribution in [1.82, 2.24) is 4.90 Å². The number of benzene rings is 1. The van der Waals surface area contributed by atoms with E-state index in [0.717, 1.165) is 44.6 Å². The first kappa shape index (κ1) is 17.2. The lowest BCUT2D eigenvalue weighted by Crippen LogP contribution is -2.51. The van der Waals surface area contributed by atoms with Gasteiger partial charge in [0.15, 0.2) is 0 Å². The molecule has 2 fully saturated rings. The number of hydrogen-bond acceptors (Lipinski definition) is 4. The average Bonchev–Trinajstić information content (AvgIpc) is 3.13. The van der Waals surface area contributed by atoms with E-state index in [0.29, 0.717) is 24.6 Å². The number of nitrogens with zero attached hydrogens (tertiary/aromatic N) is 1. The van der Waals surface area contributed by atoms with Crippen LogP contribution in [0.15, 0.2) is 24.3 Å². The molecular formula is C19H28N2O3. The van der Waals surface area contributed by atoms with Crippen LogP contribution in [0.2, 0.25) is 0 Å². The van der Waals surface area contributed by atoms with Gasteiger partial charge in [-0.1, -0.05) is 13.0 Å². The third kappa shape index (κ3) is 3.90. The number of hydrogen-bond donors (Lipinski definition) is 1. The molecule has 0 bridgehead atoms. The van der Waals surface area contributed by atoms with Crippen LogP contribution in [0.5, 0.6) is 5.75 Å². The zero-order chi connectivity index (χ0) is 16.9. The Bertz CT molecular complexity index is 557. The lowest BCUT2D eigenvalue weighted by Gasteiger charge is -2.39. The minimum atomic E-state index is 0.0552. The first-order valence-corrected chi connectivity index (χ1v) is 9.04. The normalized spacial score (nSPS) is 27.2. The summed E-state index contributed by atoms with van der Waals surface area (Å²) in [6, 6.07) is 7.59. The Morgan fingerprint density at radius 3 is 3.00 bits per heavy atom. The summed E-state index contributed by atoms with van der Waals surface area (Å²) >= 11 is 0. The van der Waals surface area contributed by atoms with Gasteiger partial charge in [-0.05, 0) is 49.8 Å². The largest absolute Gasteiger partial charge is 0.491 e. The maximum Gasteiger partial charge on any atom is 0.254 e. The highest BCUT2D eigenvalue weighted by Crippen LogP contribution is 2.25. The summed E-state index contributed by atoms with van der Waals surface area (Å²) in [7, 11) is 0. The third-order valence-corrected chi connectivity index (χ3v) is 5.16. The predicted molar refractivity (Wildman–Crippen MR) is 93.2 cm³/mol. The first-order valence-electron chi connectivity index (χ1n) is 9.04. The second-order valence-electron chi connectivity index (χ2n) is 6.89. The Labute approximate surface area is 144 Å². The minimum Gasteiger partial charge on any atom is -0.491 e. The summed E-state index contributed by atoms with van der Waals surface area (Å²) in [6.07, 6.45) is 4.49. The van der Waals surface area contributed by atoms with Crippen molar-refractivity contribution < 1.29 is 14.3 Å². The van der Waals surface area contributed by atoms with Gasteiger partial charge in [0.2, 0.25) is 0 Å². The minimum absolute atomic E-state index is 0.0552. The Kier molecular flexibility index (Phi) is 5.74. The van der Waals surface area contributed by atoms with Gasteiger partial charge in [-0.3, -0.25) is 4.79 Å². The number of ether oxygens (including phenoxy) is 2. The first-order chi connectivity index (χ1) is 11.7. The van der Waals surface area contributed by atoms with Crippen molar-refractivity contribution >= 4 is 5.91 Å². The van der Waals surface area contributed by atoms with Crippen LogP contribution in [0.25, 0.3) is 0 Å². The van der Waals surface area contributed by atoms with Crippen molar-refractivity contribution in [3.05, 3.63) is 29.8 Å². The van der Waals surface area contributed by atoms with Gasteiger partial charge in [0.25, 0.3) is 5.91 Å². The van der Waals surface area contributed by atoms with Crippen molar-refractivity contribution in [2.24, 2.45) is 11.7 Å². The summed E-state index contributed by atoms with van der Waals surface area (Å²) in [5.41, 5.74) is 6.59. The van der Waals surface area contributed by atoms with Crippen molar-refractivity contribution in [3.8, 4) is 5.75 Å². The molecule has 0 radical (unpaired) electrons. The van der Waals surface area contributed by atoms with Gasteiger partial charge >= 0.3 is 0 Å². The molecule has 0 spiro atoms. The Morgan fingerprint density at radius 2 is 2.25 bits per heavy atom. The molecule has 1 amide bonds. The van der Waals surface area contributed by atoms with Gasteiger partial charge in [-0.15, -0.1) is 0 Å². The van der Waals surface area contributed by atoms with E-state index >= 15 is 0 Å². The van der Waals surface area contributed by atoms with E-state index in [9.17, 15) is 4.79 Å². The van der Waals surface area contributed by atoms with Crippen LogP contribution in [0, 0.1) is 5.92 Å². The number of amides is 1. The number of nitrogens with two attached hydrogens (primary N) is 1. The molecule has 5 heteroatoms. The van der Waals surface area contributed by atoms with Gasteiger partial charge < -0.3 is 20.1 Å². The number of likely N-dealkylation sites (tertiary alicyclic amines) is 1. The summed E-state index contributed by atoms with van der Waals surface area (Å²) in [6.45, 7) is 4.84. The van der Waals surface area contributed by atoms with Crippen LogP contribution >= 0.6 is 0 Å². The molecule has 0 aromatic heterocycles. The van der Waals surface area contributed by atoms with Crippen LogP contribution in [0.3, 0.4) is 0 Å². The molecule has 0 saturated carbocycles. The van der Waals surface area contributed by atoms with Crippen molar-refractivity contribution in [1.29, 1.82) is 0 Å². The average molecular weight is 332 g/mol. The molecule has 2 N–H and O–H groups in total. The van der Waals surface area contributed by atoms with E-state index in [4.69, 9.17) is 15.2 Å². The number of carbonyl (C=O) groups excluding carboxylic acids is 1. The molecule has 1 aromatic rings. The van der Waals surface area contributed by atoms with Gasteiger partial charge in [-0.25, -0.2) is 0 Å². The Hall–Kier alpha value is -1.59. The van der Waals surface area contributed by atoms with E-state index < -0.39 is 0 Å². The highest BCUT2D eigenvalue weighted by Gasteiger charge is 2.31. The van der Waals surface area contributed by atoms with Crippen molar-refractivity contribution in [2.45, 2.75) is 44.8 Å². The molecule has 2 aliphatic heterocycles. The smallest absolute Gasteiger partial charge is 0.254 e. The van der Waals surface area contributed by atoms with Crippen LogP contribution in [-0.2, 0) is 4.74 Å². The van der Waals surface area contributed by atoms with Crippen LogP contribution in [0.1, 0.15) is 43.0 Å². The highest BCUT2D eigenvalue weighted by atomic mass is 16.5. The lowest BCUT2D eigenvalue weighted by atomic mass is 9.90. The molecule has 24 heavy (non-hydrogen) atoms. The molecule has 1 aromatic carbocycles. The SMILES string of the molecule is C[C@@H]1CCCN(C(=O)c2cccc(OC[C@@H]3CCCO3)c2)[C@@H]1CN. The lowest BCUT2D eigenvalue weighted by molar-refractivity contribution is 0.0531. The number of rotatable bonds is 5. The predicted octanol–water partition coefficient (Wildman–Crippen LogP) is 2.44. The van der Waals surface area contributed by atoms with E-state index in [1.165, 1.54) is 0 Å². The molecule has 0 unspecified atom stereocenters. The second kappa shape index (κ2) is 7.99. The highest BCUT2D eigenvalue weighted by molar-refractivity contribution is 5.95. The molecule has 2 aliphatic rings. The van der Waals surface area contributed by atoms with Crippen molar-refractivity contribution in [3.63, 3.8) is 0 Å². The molecule has 2 heterocycles. The van der Waals surface area contributed by atoms with Crippen LogP contribution < -0.4 is 10.5 Å². The van der Waals surface area contributed by atoms with Gasteiger partial charge in [0.1, 0.15) is 12.4 Å². The topological polar surface area (TPSA) is 64.8 Å². The second-order valence-corrected chi connectivity index (χ2v) is 6.89. The quantitative estimate of drug-likeness (QED) is 0.899. The summed E-state index contributed by atoms with van der Waals surface area (Å²) in [4.78, 5) is 14.9. The van der Waals surface area contributed by atoms with Gasteiger partial charge in [0.05, 0.1) is 6.10 Å². The molecule has 132 valence electrons. The van der Waals surface area contributed by atoms with E-state index in [2.05, 4.69) is 6.92 Å². The van der Waals surface area contributed by atoms with Gasteiger partial charge in [0, 0.05) is 31.3 Å². The summed E-state index contributed by atoms with van der Waals surface area (Å²) in [5, 5.41) is 0. The molecular weight excluding hydrogens is 304 g/mol. The van der Waals surface area contributed by atoms with Crippen LogP contribution in [-0.4, -0.2) is 49.3 Å². The van der Waals surface area contributed by atoms with Crippen LogP contribution in [0.4, 0.5) is 0 Å². The zero-order valence-corrected chi connectivity index (χ0v) is 14.4. The fourth-order valence-corrected chi connectivity index (χ4v) is 3.71. The third-order valence-electron chi connectivity index (χ3n) is 5.16. The van der Waals surface area contributed by atoms with E-state index in [1.807, 2.05) is 29.2 Å².